The lowest BCUT2D eigenvalue weighted by molar-refractivity contribution is -0.115. The smallest absolute Gasteiger partial charge is 0.158 e. The lowest BCUT2D eigenvalue weighted by Crippen LogP contribution is -2.02. The summed E-state index contributed by atoms with van der Waals surface area (Å²) in [6.07, 6.45) is 4.95. The Hall–Kier alpha value is -0.630. The molecule has 0 rings (SSSR count). The van der Waals surface area contributed by atoms with Gasteiger partial charge in [-0.05, 0) is 18.4 Å². The Balaban J connectivity index is 3.95. The van der Waals surface area contributed by atoms with Gasteiger partial charge < -0.3 is 5.11 Å². The summed E-state index contributed by atoms with van der Waals surface area (Å²) in [5.74, 6) is 0.188. The number of rotatable bonds is 6. The summed E-state index contributed by atoms with van der Waals surface area (Å²) in [7, 11) is 0. The van der Waals surface area contributed by atoms with Crippen LogP contribution in [-0.2, 0) is 4.79 Å². The van der Waals surface area contributed by atoms with Crippen LogP contribution in [-0.4, -0.2) is 17.5 Å². The van der Waals surface area contributed by atoms with Gasteiger partial charge >= 0.3 is 0 Å². The van der Waals surface area contributed by atoms with Crippen molar-refractivity contribution in [3.8, 4) is 0 Å². The van der Waals surface area contributed by atoms with E-state index in [1.165, 1.54) is 0 Å². The predicted molar refractivity (Wildman–Crippen MR) is 50.0 cm³/mol. The highest BCUT2D eigenvalue weighted by atomic mass is 16.2. The number of Topliss-reactive ketones (excluding diaryl/α,β-unsaturated/α-hetero) is 1. The zero-order valence-corrected chi connectivity index (χ0v) is 7.97. The number of hydrogen-bond acceptors (Lipinski definition) is 2. The third-order valence-electron chi connectivity index (χ3n) is 1.83. The highest BCUT2D eigenvalue weighted by Crippen LogP contribution is 2.07. The summed E-state index contributed by atoms with van der Waals surface area (Å²) < 4.78 is 0. The van der Waals surface area contributed by atoms with Crippen molar-refractivity contribution in [1.29, 1.82) is 0 Å². The number of allylic oxidation sites excluding steroid dienone is 1. The summed E-state index contributed by atoms with van der Waals surface area (Å²) in [6.45, 7) is 3.97. The molecule has 0 amide bonds. The van der Waals surface area contributed by atoms with Gasteiger partial charge in [-0.1, -0.05) is 26.3 Å². The summed E-state index contributed by atoms with van der Waals surface area (Å²) in [4.78, 5) is 11.3. The first-order valence-corrected chi connectivity index (χ1v) is 4.59. The van der Waals surface area contributed by atoms with E-state index in [0.717, 1.165) is 24.8 Å². The first kappa shape index (κ1) is 11.4. The van der Waals surface area contributed by atoms with Gasteiger partial charge in [-0.3, -0.25) is 4.79 Å². The molecule has 2 nitrogen and oxygen atoms in total. The molecule has 0 aliphatic rings. The third-order valence-corrected chi connectivity index (χ3v) is 1.83. The molecule has 12 heavy (non-hydrogen) atoms. The van der Waals surface area contributed by atoms with Crippen LogP contribution in [0.25, 0.3) is 0 Å². The zero-order valence-electron chi connectivity index (χ0n) is 7.97. The first-order chi connectivity index (χ1) is 5.76. The van der Waals surface area contributed by atoms with Crippen LogP contribution in [0.1, 0.15) is 39.5 Å². The predicted octanol–water partition coefficient (Wildman–Crippen LogP) is 2.07. The molecule has 0 heterocycles. The van der Waals surface area contributed by atoms with Crippen LogP contribution in [0.5, 0.6) is 0 Å². The molecule has 0 aromatic rings. The number of aliphatic hydroxyl groups is 1. The van der Waals surface area contributed by atoms with Gasteiger partial charge in [0.25, 0.3) is 0 Å². The van der Waals surface area contributed by atoms with Crippen molar-refractivity contribution in [2.45, 2.75) is 39.5 Å². The zero-order chi connectivity index (χ0) is 9.40. The minimum atomic E-state index is -0.0267. The molecule has 0 atom stereocenters. The van der Waals surface area contributed by atoms with Crippen LogP contribution < -0.4 is 0 Å². The number of carbonyl (C=O) groups excluding carboxylic acids is 1. The van der Waals surface area contributed by atoms with Crippen molar-refractivity contribution in [2.75, 3.05) is 6.61 Å². The van der Waals surface area contributed by atoms with Gasteiger partial charge in [0.15, 0.2) is 5.78 Å². The molecule has 0 aromatic carbocycles. The van der Waals surface area contributed by atoms with E-state index in [0.29, 0.717) is 6.42 Å². The van der Waals surface area contributed by atoms with E-state index in [4.69, 9.17) is 5.11 Å². The fourth-order valence-electron chi connectivity index (χ4n) is 1.06. The molecule has 70 valence electrons. The second kappa shape index (κ2) is 7.04. The highest BCUT2D eigenvalue weighted by molar-refractivity contribution is 5.95. The lowest BCUT2D eigenvalue weighted by Gasteiger charge is -2.01. The molecule has 0 radical (unpaired) electrons. The molecular weight excluding hydrogens is 152 g/mol. The molecular formula is C10H18O2. The standard InChI is InChI=1S/C10H18O2/c1-3-5-6-10(12)9(4-2)7-8-11/h7,11H,3-6,8H2,1-2H3. The molecule has 1 N–H and O–H groups in total. The molecule has 2 heteroatoms. The Morgan fingerprint density at radius 2 is 2.08 bits per heavy atom. The maximum atomic E-state index is 11.3. The van der Waals surface area contributed by atoms with Gasteiger partial charge in [-0.15, -0.1) is 0 Å². The van der Waals surface area contributed by atoms with Crippen molar-refractivity contribution >= 4 is 5.78 Å². The SMILES string of the molecule is CCCCC(=O)C(=CCO)CC. The second-order valence-corrected chi connectivity index (χ2v) is 2.79. The van der Waals surface area contributed by atoms with Crippen molar-refractivity contribution in [1.82, 2.24) is 0 Å². The van der Waals surface area contributed by atoms with Gasteiger partial charge in [0.05, 0.1) is 6.61 Å². The number of unbranched alkanes of at least 4 members (excludes halogenated alkanes) is 1. The van der Waals surface area contributed by atoms with E-state index in [-0.39, 0.29) is 12.4 Å². The fourth-order valence-corrected chi connectivity index (χ4v) is 1.06. The Bertz CT molecular complexity index is 159. The fraction of sp³-hybridized carbons (Fsp3) is 0.700. The van der Waals surface area contributed by atoms with Crippen LogP contribution in [0.3, 0.4) is 0 Å². The minimum absolute atomic E-state index is 0.0267. The molecule has 0 spiro atoms. The van der Waals surface area contributed by atoms with Crippen LogP contribution in [0, 0.1) is 0 Å². The normalized spacial score (nSPS) is 11.8. The number of ketones is 1. The van der Waals surface area contributed by atoms with E-state index in [9.17, 15) is 4.79 Å². The van der Waals surface area contributed by atoms with Gasteiger partial charge in [-0.25, -0.2) is 0 Å². The van der Waals surface area contributed by atoms with Crippen molar-refractivity contribution in [3.63, 3.8) is 0 Å². The lowest BCUT2D eigenvalue weighted by atomic mass is 10.0. The van der Waals surface area contributed by atoms with E-state index in [2.05, 4.69) is 6.92 Å². The maximum Gasteiger partial charge on any atom is 0.158 e. The summed E-state index contributed by atoms with van der Waals surface area (Å²) in [6, 6.07) is 0. The third kappa shape index (κ3) is 4.29. The van der Waals surface area contributed by atoms with Gasteiger partial charge in [-0.2, -0.15) is 0 Å². The van der Waals surface area contributed by atoms with Gasteiger partial charge in [0, 0.05) is 6.42 Å². The summed E-state index contributed by atoms with van der Waals surface area (Å²) in [5, 5.41) is 8.61. The molecule has 0 saturated heterocycles. The van der Waals surface area contributed by atoms with Crippen molar-refractivity contribution in [2.24, 2.45) is 0 Å². The molecule has 0 bridgehead atoms. The monoisotopic (exact) mass is 170 g/mol. The first-order valence-electron chi connectivity index (χ1n) is 4.59. The topological polar surface area (TPSA) is 37.3 Å². The van der Waals surface area contributed by atoms with E-state index in [1.807, 2.05) is 6.92 Å². The molecule has 0 aromatic heterocycles. The second-order valence-electron chi connectivity index (χ2n) is 2.79. The minimum Gasteiger partial charge on any atom is -0.392 e. The molecule has 0 aliphatic heterocycles. The Labute approximate surface area is 74.3 Å². The summed E-state index contributed by atoms with van der Waals surface area (Å²) >= 11 is 0. The maximum absolute atomic E-state index is 11.3. The molecule has 0 unspecified atom stereocenters. The molecule has 0 aliphatic carbocycles. The average Bonchev–Trinajstić information content (AvgIpc) is 2.10. The molecule has 0 saturated carbocycles. The van der Waals surface area contributed by atoms with Crippen LogP contribution >= 0.6 is 0 Å². The van der Waals surface area contributed by atoms with Crippen molar-refractivity contribution < 1.29 is 9.90 Å². The highest BCUT2D eigenvalue weighted by Gasteiger charge is 2.05. The van der Waals surface area contributed by atoms with Gasteiger partial charge in [0.2, 0.25) is 0 Å². The number of aliphatic hydroxyl groups excluding tert-OH is 1. The van der Waals surface area contributed by atoms with Crippen LogP contribution in [0.4, 0.5) is 0 Å². The largest absolute Gasteiger partial charge is 0.392 e. The Morgan fingerprint density at radius 3 is 2.50 bits per heavy atom. The van der Waals surface area contributed by atoms with Gasteiger partial charge in [0.1, 0.15) is 0 Å². The quantitative estimate of drug-likeness (QED) is 0.620. The Morgan fingerprint density at radius 1 is 1.42 bits per heavy atom. The Kier molecular flexibility index (Phi) is 6.67. The average molecular weight is 170 g/mol. The van der Waals surface area contributed by atoms with E-state index < -0.39 is 0 Å². The van der Waals surface area contributed by atoms with E-state index >= 15 is 0 Å². The number of carbonyl (C=O) groups is 1. The van der Waals surface area contributed by atoms with E-state index in [1.54, 1.807) is 6.08 Å². The number of hydrogen-bond donors (Lipinski definition) is 1. The molecule has 0 fully saturated rings. The van der Waals surface area contributed by atoms with Crippen molar-refractivity contribution in [3.05, 3.63) is 11.6 Å². The van der Waals surface area contributed by atoms with Crippen LogP contribution in [0.2, 0.25) is 0 Å². The van der Waals surface area contributed by atoms with Crippen LogP contribution in [0.15, 0.2) is 11.6 Å². The summed E-state index contributed by atoms with van der Waals surface area (Å²) in [5.41, 5.74) is 0.769.